The SMILES string of the molecule is O=C(CCCS(=O)(=O)c1ccccc1)Nc1nnc(-c2ccc(Br)o2)o1. The van der Waals surface area contributed by atoms with Crippen LogP contribution in [0, 0.1) is 0 Å². The Balaban J connectivity index is 1.51. The summed E-state index contributed by atoms with van der Waals surface area (Å²) in [5.41, 5.74) is 0. The molecule has 0 unspecified atom stereocenters. The summed E-state index contributed by atoms with van der Waals surface area (Å²) in [5.74, 6) is -0.0551. The molecule has 26 heavy (non-hydrogen) atoms. The van der Waals surface area contributed by atoms with Gasteiger partial charge < -0.3 is 8.83 Å². The Kier molecular flexibility index (Phi) is 5.52. The van der Waals surface area contributed by atoms with E-state index < -0.39 is 15.7 Å². The van der Waals surface area contributed by atoms with Gasteiger partial charge in [-0.2, -0.15) is 0 Å². The molecule has 1 N–H and O–H groups in total. The molecule has 0 aliphatic heterocycles. The van der Waals surface area contributed by atoms with Gasteiger partial charge in [-0.25, -0.2) is 8.42 Å². The van der Waals surface area contributed by atoms with Gasteiger partial charge in [0.1, 0.15) is 0 Å². The monoisotopic (exact) mass is 439 g/mol. The minimum absolute atomic E-state index is 0.01000. The molecular formula is C16H14BrN3O5S. The van der Waals surface area contributed by atoms with Gasteiger partial charge in [0.15, 0.2) is 20.3 Å². The average molecular weight is 440 g/mol. The van der Waals surface area contributed by atoms with E-state index in [0.717, 1.165) is 0 Å². The van der Waals surface area contributed by atoms with Crippen molar-refractivity contribution in [3.05, 3.63) is 47.1 Å². The first-order chi connectivity index (χ1) is 12.4. The van der Waals surface area contributed by atoms with Gasteiger partial charge in [0.05, 0.1) is 10.6 Å². The van der Waals surface area contributed by atoms with Crippen LogP contribution in [0.2, 0.25) is 0 Å². The van der Waals surface area contributed by atoms with E-state index in [9.17, 15) is 13.2 Å². The summed E-state index contributed by atoms with van der Waals surface area (Å²) < 4.78 is 35.4. The van der Waals surface area contributed by atoms with Crippen molar-refractivity contribution in [1.29, 1.82) is 0 Å². The zero-order valence-corrected chi connectivity index (χ0v) is 15.8. The van der Waals surface area contributed by atoms with Crippen molar-refractivity contribution >= 4 is 37.7 Å². The number of carbonyl (C=O) groups excluding carboxylic acids is 1. The van der Waals surface area contributed by atoms with E-state index >= 15 is 0 Å². The van der Waals surface area contributed by atoms with E-state index in [1.54, 1.807) is 30.3 Å². The Morgan fingerprint density at radius 3 is 2.54 bits per heavy atom. The molecule has 1 aromatic carbocycles. The summed E-state index contributed by atoms with van der Waals surface area (Å²) in [7, 11) is -3.41. The lowest BCUT2D eigenvalue weighted by Crippen LogP contribution is -2.14. The van der Waals surface area contributed by atoms with E-state index in [1.807, 2.05) is 0 Å². The maximum absolute atomic E-state index is 12.1. The number of carbonyl (C=O) groups is 1. The molecule has 0 atom stereocenters. The van der Waals surface area contributed by atoms with Gasteiger partial charge in [-0.1, -0.05) is 23.3 Å². The fraction of sp³-hybridized carbons (Fsp3) is 0.188. The van der Waals surface area contributed by atoms with Crippen LogP contribution in [-0.2, 0) is 14.6 Å². The predicted octanol–water partition coefficient (Wildman–Crippen LogP) is 3.28. The number of nitrogens with zero attached hydrogens (tertiary/aromatic N) is 2. The van der Waals surface area contributed by atoms with Gasteiger partial charge in [0.2, 0.25) is 5.91 Å². The lowest BCUT2D eigenvalue weighted by atomic mass is 10.3. The molecule has 2 aromatic heterocycles. The molecule has 0 aliphatic carbocycles. The van der Waals surface area contributed by atoms with Gasteiger partial charge in [-0.05, 0) is 46.6 Å². The van der Waals surface area contributed by atoms with Crippen LogP contribution in [-0.4, -0.2) is 30.3 Å². The molecule has 3 aromatic rings. The van der Waals surface area contributed by atoms with E-state index in [-0.39, 0.29) is 35.4 Å². The number of hydrogen-bond acceptors (Lipinski definition) is 7. The minimum atomic E-state index is -3.41. The molecule has 0 spiro atoms. The molecule has 0 radical (unpaired) electrons. The number of hydrogen-bond donors (Lipinski definition) is 1. The van der Waals surface area contributed by atoms with Crippen LogP contribution in [0.4, 0.5) is 6.01 Å². The molecule has 136 valence electrons. The summed E-state index contributed by atoms with van der Waals surface area (Å²) in [4.78, 5) is 12.2. The number of aromatic nitrogens is 2. The van der Waals surface area contributed by atoms with Crippen LogP contribution in [0.5, 0.6) is 0 Å². The highest BCUT2D eigenvalue weighted by molar-refractivity contribution is 9.10. The third kappa shape index (κ3) is 4.58. The Morgan fingerprint density at radius 1 is 1.08 bits per heavy atom. The van der Waals surface area contributed by atoms with Crippen LogP contribution >= 0.6 is 15.9 Å². The molecular weight excluding hydrogens is 426 g/mol. The molecule has 10 heteroatoms. The smallest absolute Gasteiger partial charge is 0.322 e. The second kappa shape index (κ2) is 7.83. The van der Waals surface area contributed by atoms with Gasteiger partial charge in [0, 0.05) is 6.42 Å². The number of amides is 1. The van der Waals surface area contributed by atoms with Crippen LogP contribution < -0.4 is 5.32 Å². The quantitative estimate of drug-likeness (QED) is 0.600. The summed E-state index contributed by atoms with van der Waals surface area (Å²) in [6, 6.07) is 11.3. The van der Waals surface area contributed by atoms with Gasteiger partial charge in [-0.3, -0.25) is 10.1 Å². The number of furan rings is 1. The Bertz CT molecular complexity index is 998. The molecule has 0 saturated carbocycles. The molecule has 0 bridgehead atoms. The predicted molar refractivity (Wildman–Crippen MR) is 96.1 cm³/mol. The average Bonchev–Trinajstić information content (AvgIpc) is 3.24. The zero-order valence-electron chi connectivity index (χ0n) is 13.4. The largest absolute Gasteiger partial charge is 0.444 e. The minimum Gasteiger partial charge on any atom is -0.444 e. The van der Waals surface area contributed by atoms with Crippen molar-refractivity contribution in [3.8, 4) is 11.7 Å². The standard InChI is InChI=1S/C16H14BrN3O5S/c17-13-9-8-12(24-13)15-19-20-16(25-15)18-14(21)7-4-10-26(22,23)11-5-2-1-3-6-11/h1-3,5-6,8-9H,4,7,10H2,(H,18,20,21). The van der Waals surface area contributed by atoms with Gasteiger partial charge in [-0.15, -0.1) is 5.10 Å². The molecule has 0 aliphatic rings. The number of benzene rings is 1. The maximum atomic E-state index is 12.1. The Hall–Kier alpha value is -2.46. The van der Waals surface area contributed by atoms with E-state index in [4.69, 9.17) is 8.83 Å². The Morgan fingerprint density at radius 2 is 1.85 bits per heavy atom. The lowest BCUT2D eigenvalue weighted by molar-refractivity contribution is -0.116. The first-order valence-electron chi connectivity index (χ1n) is 7.61. The van der Waals surface area contributed by atoms with E-state index in [1.165, 1.54) is 12.1 Å². The summed E-state index contributed by atoms with van der Waals surface area (Å²) in [5, 5.41) is 9.91. The highest BCUT2D eigenvalue weighted by atomic mass is 79.9. The van der Waals surface area contributed by atoms with Crippen molar-refractivity contribution in [2.24, 2.45) is 0 Å². The van der Waals surface area contributed by atoms with Crippen molar-refractivity contribution in [1.82, 2.24) is 10.2 Å². The summed E-state index contributed by atoms with van der Waals surface area (Å²) >= 11 is 3.16. The molecule has 1 amide bonds. The molecule has 0 saturated heterocycles. The highest BCUT2D eigenvalue weighted by Crippen LogP contribution is 2.24. The van der Waals surface area contributed by atoms with Crippen LogP contribution in [0.25, 0.3) is 11.7 Å². The van der Waals surface area contributed by atoms with Crippen molar-refractivity contribution < 1.29 is 22.0 Å². The second-order valence-corrected chi connectivity index (χ2v) is 8.19. The van der Waals surface area contributed by atoms with E-state index in [0.29, 0.717) is 10.4 Å². The molecule has 8 nitrogen and oxygen atoms in total. The third-order valence-corrected chi connectivity index (χ3v) is 5.62. The third-order valence-electron chi connectivity index (χ3n) is 3.37. The highest BCUT2D eigenvalue weighted by Gasteiger charge is 2.16. The van der Waals surface area contributed by atoms with Crippen molar-refractivity contribution in [2.75, 3.05) is 11.1 Å². The number of rotatable bonds is 7. The topological polar surface area (TPSA) is 115 Å². The zero-order chi connectivity index (χ0) is 18.6. The molecule has 3 rings (SSSR count). The van der Waals surface area contributed by atoms with Gasteiger partial charge in [0.25, 0.3) is 5.89 Å². The molecule has 0 fully saturated rings. The van der Waals surface area contributed by atoms with Crippen LogP contribution in [0.1, 0.15) is 12.8 Å². The number of nitrogens with one attached hydrogen (secondary N) is 1. The maximum Gasteiger partial charge on any atom is 0.322 e. The fourth-order valence-corrected chi connectivity index (χ4v) is 3.79. The normalized spacial score (nSPS) is 11.4. The van der Waals surface area contributed by atoms with Crippen LogP contribution in [0.15, 0.2) is 60.9 Å². The lowest BCUT2D eigenvalue weighted by Gasteiger charge is -2.04. The fourth-order valence-electron chi connectivity index (χ4n) is 2.15. The number of halogens is 1. The summed E-state index contributed by atoms with van der Waals surface area (Å²) in [6.45, 7) is 0. The van der Waals surface area contributed by atoms with Gasteiger partial charge >= 0.3 is 6.01 Å². The number of sulfone groups is 1. The summed E-state index contributed by atoms with van der Waals surface area (Å²) in [6.07, 6.45) is 0.186. The first-order valence-corrected chi connectivity index (χ1v) is 10.1. The van der Waals surface area contributed by atoms with Crippen molar-refractivity contribution in [2.45, 2.75) is 17.7 Å². The van der Waals surface area contributed by atoms with Crippen molar-refractivity contribution in [3.63, 3.8) is 0 Å². The van der Waals surface area contributed by atoms with E-state index in [2.05, 4.69) is 31.4 Å². The second-order valence-electron chi connectivity index (χ2n) is 5.30. The molecule has 2 heterocycles. The van der Waals surface area contributed by atoms with Crippen LogP contribution in [0.3, 0.4) is 0 Å². The first kappa shape index (κ1) is 18.3. The Labute approximate surface area is 157 Å². The number of anilines is 1.